The Morgan fingerprint density at radius 3 is 2.53 bits per heavy atom. The third-order valence-electron chi connectivity index (χ3n) is 7.00. The molecule has 0 atom stereocenters. The zero-order valence-electron chi connectivity index (χ0n) is 18.5. The number of nitrogens with zero attached hydrogens (tertiary/aromatic N) is 5. The summed E-state index contributed by atoms with van der Waals surface area (Å²) in [5, 5.41) is 4.35. The highest BCUT2D eigenvalue weighted by Gasteiger charge is 2.28. The van der Waals surface area contributed by atoms with Crippen LogP contribution in [0.1, 0.15) is 38.2 Å². The summed E-state index contributed by atoms with van der Waals surface area (Å²) < 4.78 is 15.8. The predicted octanol–water partition coefficient (Wildman–Crippen LogP) is 3.64. The van der Waals surface area contributed by atoms with E-state index in [1.54, 1.807) is 12.3 Å². The fourth-order valence-corrected chi connectivity index (χ4v) is 5.09. The molecule has 0 unspecified atom stereocenters. The molecule has 0 amide bonds. The highest BCUT2D eigenvalue weighted by atomic mass is 19.1. The molecule has 30 heavy (non-hydrogen) atoms. The van der Waals surface area contributed by atoms with Gasteiger partial charge in [0.05, 0.1) is 5.69 Å². The Hall–Kier alpha value is -1.76. The van der Waals surface area contributed by atoms with E-state index >= 15 is 0 Å². The van der Waals surface area contributed by atoms with Crippen LogP contribution < -0.4 is 0 Å². The standard InChI is InChI=1S/C24H36FN5/c1-3-28(19-21-17-22(25)5-6-24(21)30-12-4-11-26-30)18-20-7-15-29(16-8-20)23-9-13-27(2)14-10-23/h4-6,11-12,17,20,23H,3,7-10,13-16,18-19H2,1-2H3. The molecule has 0 spiro atoms. The third kappa shape index (κ3) is 5.29. The average Bonchev–Trinajstić information content (AvgIpc) is 3.29. The zero-order chi connectivity index (χ0) is 20.9. The van der Waals surface area contributed by atoms with Crippen molar-refractivity contribution in [3.05, 3.63) is 48.0 Å². The van der Waals surface area contributed by atoms with Crippen molar-refractivity contribution in [1.29, 1.82) is 0 Å². The number of hydrogen-bond donors (Lipinski definition) is 0. The van der Waals surface area contributed by atoms with Crippen molar-refractivity contribution in [2.75, 3.05) is 46.3 Å². The molecule has 0 bridgehead atoms. The first-order chi connectivity index (χ1) is 14.6. The van der Waals surface area contributed by atoms with E-state index in [0.717, 1.165) is 42.8 Å². The lowest BCUT2D eigenvalue weighted by molar-refractivity contribution is 0.0746. The lowest BCUT2D eigenvalue weighted by Crippen LogP contribution is -2.47. The van der Waals surface area contributed by atoms with Crippen molar-refractivity contribution in [3.63, 3.8) is 0 Å². The molecule has 164 valence electrons. The molecule has 3 heterocycles. The highest BCUT2D eigenvalue weighted by molar-refractivity contribution is 5.40. The van der Waals surface area contributed by atoms with Crippen LogP contribution >= 0.6 is 0 Å². The van der Waals surface area contributed by atoms with Gasteiger partial charge in [-0.25, -0.2) is 9.07 Å². The molecule has 2 aliphatic heterocycles. The van der Waals surface area contributed by atoms with Crippen LogP contribution in [0.15, 0.2) is 36.7 Å². The maximum atomic E-state index is 14.0. The molecule has 6 heteroatoms. The van der Waals surface area contributed by atoms with Crippen LogP contribution in [0.2, 0.25) is 0 Å². The molecule has 0 aliphatic carbocycles. The summed E-state index contributed by atoms with van der Waals surface area (Å²) in [4.78, 5) is 7.66. The second-order valence-electron chi connectivity index (χ2n) is 9.07. The average molecular weight is 414 g/mol. The summed E-state index contributed by atoms with van der Waals surface area (Å²) in [6, 6.07) is 7.72. The van der Waals surface area contributed by atoms with E-state index < -0.39 is 0 Å². The predicted molar refractivity (Wildman–Crippen MR) is 119 cm³/mol. The molecule has 0 N–H and O–H groups in total. The van der Waals surface area contributed by atoms with Gasteiger partial charge in [-0.15, -0.1) is 0 Å². The SMILES string of the molecule is CCN(Cc1cc(F)ccc1-n1cccn1)CC1CCN(C2CCN(C)CC2)CC1. The minimum Gasteiger partial charge on any atom is -0.306 e. The van der Waals surface area contributed by atoms with Gasteiger partial charge in [-0.3, -0.25) is 4.90 Å². The van der Waals surface area contributed by atoms with E-state index in [0.29, 0.717) is 0 Å². The number of halogens is 1. The van der Waals surface area contributed by atoms with Gasteiger partial charge in [0.25, 0.3) is 0 Å². The number of aromatic nitrogens is 2. The van der Waals surface area contributed by atoms with Gasteiger partial charge in [-0.2, -0.15) is 5.10 Å². The molecule has 2 aromatic rings. The summed E-state index contributed by atoms with van der Waals surface area (Å²) in [6.07, 6.45) is 8.88. The lowest BCUT2D eigenvalue weighted by Gasteiger charge is -2.42. The molecule has 1 aromatic carbocycles. The van der Waals surface area contributed by atoms with Crippen molar-refractivity contribution in [2.24, 2.45) is 5.92 Å². The summed E-state index contributed by atoms with van der Waals surface area (Å²) >= 11 is 0. The van der Waals surface area contributed by atoms with E-state index in [9.17, 15) is 4.39 Å². The number of piperidine rings is 2. The van der Waals surface area contributed by atoms with Gasteiger partial charge in [0, 0.05) is 31.5 Å². The van der Waals surface area contributed by atoms with E-state index in [-0.39, 0.29) is 5.82 Å². The Labute approximate surface area is 180 Å². The van der Waals surface area contributed by atoms with Crippen LogP contribution in [-0.4, -0.2) is 76.8 Å². The minimum atomic E-state index is -0.177. The van der Waals surface area contributed by atoms with Crippen LogP contribution in [0.25, 0.3) is 5.69 Å². The Morgan fingerprint density at radius 2 is 1.87 bits per heavy atom. The summed E-state index contributed by atoms with van der Waals surface area (Å²) in [7, 11) is 2.23. The molecular formula is C24H36FN5. The van der Waals surface area contributed by atoms with Crippen molar-refractivity contribution in [2.45, 2.75) is 45.2 Å². The number of likely N-dealkylation sites (tertiary alicyclic amines) is 2. The largest absolute Gasteiger partial charge is 0.306 e. The van der Waals surface area contributed by atoms with E-state index in [2.05, 4.69) is 33.8 Å². The quantitative estimate of drug-likeness (QED) is 0.693. The van der Waals surface area contributed by atoms with Crippen LogP contribution in [-0.2, 0) is 6.54 Å². The summed E-state index contributed by atoms with van der Waals surface area (Å²) in [6.45, 7) is 9.97. The van der Waals surface area contributed by atoms with E-state index in [1.807, 2.05) is 23.0 Å². The molecule has 0 saturated carbocycles. The van der Waals surface area contributed by atoms with Gasteiger partial charge in [-0.1, -0.05) is 6.92 Å². The van der Waals surface area contributed by atoms with Gasteiger partial charge in [0.15, 0.2) is 0 Å². The molecule has 5 nitrogen and oxygen atoms in total. The second kappa shape index (κ2) is 10.0. The Balaban J connectivity index is 1.33. The van der Waals surface area contributed by atoms with Crippen LogP contribution in [0, 0.1) is 11.7 Å². The fourth-order valence-electron chi connectivity index (χ4n) is 5.09. The zero-order valence-corrected chi connectivity index (χ0v) is 18.5. The van der Waals surface area contributed by atoms with Crippen molar-refractivity contribution < 1.29 is 4.39 Å². The molecular weight excluding hydrogens is 377 g/mol. The van der Waals surface area contributed by atoms with Crippen molar-refractivity contribution >= 4 is 0 Å². The molecule has 2 saturated heterocycles. The molecule has 2 aliphatic rings. The summed E-state index contributed by atoms with van der Waals surface area (Å²) in [5.41, 5.74) is 1.97. The number of benzene rings is 1. The minimum absolute atomic E-state index is 0.177. The second-order valence-corrected chi connectivity index (χ2v) is 9.07. The number of hydrogen-bond acceptors (Lipinski definition) is 4. The van der Waals surface area contributed by atoms with Gasteiger partial charge in [-0.05, 0) is 101 Å². The Kier molecular flexibility index (Phi) is 7.18. The van der Waals surface area contributed by atoms with Gasteiger partial charge < -0.3 is 9.80 Å². The van der Waals surface area contributed by atoms with Crippen molar-refractivity contribution in [1.82, 2.24) is 24.5 Å². The van der Waals surface area contributed by atoms with Crippen LogP contribution in [0.5, 0.6) is 0 Å². The number of rotatable bonds is 7. The smallest absolute Gasteiger partial charge is 0.123 e. The van der Waals surface area contributed by atoms with Gasteiger partial charge in [0.2, 0.25) is 0 Å². The molecule has 2 fully saturated rings. The first kappa shape index (κ1) is 21.5. The maximum absolute atomic E-state index is 14.0. The van der Waals surface area contributed by atoms with Crippen LogP contribution in [0.4, 0.5) is 4.39 Å². The van der Waals surface area contributed by atoms with Crippen molar-refractivity contribution in [3.8, 4) is 5.69 Å². The maximum Gasteiger partial charge on any atom is 0.123 e. The van der Waals surface area contributed by atoms with Crippen LogP contribution in [0.3, 0.4) is 0 Å². The van der Waals surface area contributed by atoms with E-state index in [4.69, 9.17) is 0 Å². The molecule has 0 radical (unpaired) electrons. The Morgan fingerprint density at radius 1 is 1.10 bits per heavy atom. The Bertz CT molecular complexity index is 777. The molecule has 4 rings (SSSR count). The topological polar surface area (TPSA) is 27.5 Å². The third-order valence-corrected chi connectivity index (χ3v) is 7.00. The first-order valence-electron chi connectivity index (χ1n) is 11.6. The summed E-state index contributed by atoms with van der Waals surface area (Å²) in [5.74, 6) is 0.553. The first-order valence-corrected chi connectivity index (χ1v) is 11.6. The van der Waals surface area contributed by atoms with Gasteiger partial charge in [0.1, 0.15) is 5.82 Å². The fraction of sp³-hybridized carbons (Fsp3) is 0.625. The van der Waals surface area contributed by atoms with Gasteiger partial charge >= 0.3 is 0 Å². The monoisotopic (exact) mass is 413 g/mol. The normalized spacial score (nSPS) is 20.3. The van der Waals surface area contributed by atoms with E-state index in [1.165, 1.54) is 57.9 Å². The highest BCUT2D eigenvalue weighted by Crippen LogP contribution is 2.25. The lowest BCUT2D eigenvalue weighted by atomic mass is 9.93. The molecule has 1 aromatic heterocycles.